The maximum Gasteiger partial charge on any atom is 1.00 e. The topological polar surface area (TPSA) is 157 Å². The summed E-state index contributed by atoms with van der Waals surface area (Å²) in [4.78, 5) is 35.9. The molecular formula is C9H8K2O12Sb2. The van der Waals surface area contributed by atoms with Gasteiger partial charge in [-0.25, -0.2) is 0 Å². The number of rotatable bonds is 0. The van der Waals surface area contributed by atoms with E-state index < -0.39 is 83.3 Å². The zero-order valence-electron chi connectivity index (χ0n) is 12.9. The van der Waals surface area contributed by atoms with Gasteiger partial charge < -0.3 is 5.48 Å². The minimum absolute atomic E-state index is 0. The molecule has 6 atom stereocenters. The van der Waals surface area contributed by atoms with Gasteiger partial charge in [0.15, 0.2) is 0 Å². The predicted octanol–water partition coefficient (Wildman–Crippen LogP) is -9.19. The molecule has 5 rings (SSSR count). The Morgan fingerprint density at radius 3 is 1.40 bits per heavy atom. The maximum absolute atomic E-state index is 12.0. The van der Waals surface area contributed by atoms with Crippen LogP contribution in [0.4, 0.5) is 0 Å². The molecule has 5 fully saturated rings. The van der Waals surface area contributed by atoms with E-state index in [1.54, 1.807) is 0 Å². The van der Waals surface area contributed by atoms with E-state index in [9.17, 15) is 14.4 Å². The number of fused-ring (bicyclic) bond motifs is 6. The van der Waals surface area contributed by atoms with Gasteiger partial charge in [0.2, 0.25) is 0 Å². The minimum Gasteiger partial charge on any atom is -0.412 e. The van der Waals surface area contributed by atoms with Gasteiger partial charge in [0.05, 0.1) is 0 Å². The SMILES string of the molecule is C=C1[O][Sb-]23[O]C(=O)C([O]2)C2[O][Sb-]4([O]C(=O)C([O]4)C1[O]3)[O]C2=O.O.[K+].[K+]. The second-order valence-electron chi connectivity index (χ2n) is 4.79. The first-order valence-electron chi connectivity index (χ1n) is 6.01. The Labute approximate surface area is 237 Å². The summed E-state index contributed by atoms with van der Waals surface area (Å²) in [5.41, 5.74) is 0. The molecule has 5 saturated heterocycles. The van der Waals surface area contributed by atoms with Crippen LogP contribution in [0.1, 0.15) is 0 Å². The van der Waals surface area contributed by atoms with Crippen LogP contribution >= 0.6 is 0 Å². The third kappa shape index (κ3) is 3.65. The van der Waals surface area contributed by atoms with Crippen molar-refractivity contribution in [3.8, 4) is 0 Å². The first-order chi connectivity index (χ1) is 10.4. The van der Waals surface area contributed by atoms with E-state index in [-0.39, 0.29) is 114 Å². The van der Waals surface area contributed by atoms with E-state index in [0.29, 0.717) is 0 Å². The van der Waals surface area contributed by atoms with Gasteiger partial charge in [0, 0.05) is 0 Å². The molecule has 6 unspecified atom stereocenters. The molecule has 25 heavy (non-hydrogen) atoms. The molecule has 0 aliphatic carbocycles. The second kappa shape index (κ2) is 8.06. The predicted molar refractivity (Wildman–Crippen MR) is 63.1 cm³/mol. The zero-order valence-corrected chi connectivity index (χ0v) is 24.3. The van der Waals surface area contributed by atoms with Crippen LogP contribution in [0.25, 0.3) is 0 Å². The van der Waals surface area contributed by atoms with Crippen molar-refractivity contribution in [1.29, 1.82) is 0 Å². The zero-order chi connectivity index (χ0) is 15.3. The van der Waals surface area contributed by atoms with E-state index in [1.807, 2.05) is 0 Å². The molecule has 12 nitrogen and oxygen atoms in total. The number of hydrogen-bond donors (Lipinski definition) is 0. The van der Waals surface area contributed by atoms with Crippen LogP contribution in [-0.2, 0) is 38.5 Å². The van der Waals surface area contributed by atoms with E-state index in [0.717, 1.165) is 0 Å². The van der Waals surface area contributed by atoms with E-state index in [1.165, 1.54) is 0 Å². The van der Waals surface area contributed by atoms with Crippen molar-refractivity contribution in [2.24, 2.45) is 0 Å². The summed E-state index contributed by atoms with van der Waals surface area (Å²) in [5, 5.41) is 0. The summed E-state index contributed by atoms with van der Waals surface area (Å²) in [6.45, 7) is 3.62. The van der Waals surface area contributed by atoms with Gasteiger partial charge in [-0.05, 0) is 0 Å². The number of hydrogen-bond acceptors (Lipinski definition) is 11. The van der Waals surface area contributed by atoms with Crippen LogP contribution in [-0.4, -0.2) is 88.8 Å². The van der Waals surface area contributed by atoms with E-state index in [4.69, 9.17) is 24.1 Å². The molecule has 128 valence electrons. The molecular weight excluding hydrogens is 622 g/mol. The van der Waals surface area contributed by atoms with Gasteiger partial charge in [0.25, 0.3) is 0 Å². The molecule has 2 spiro atoms. The molecule has 0 aromatic rings. The van der Waals surface area contributed by atoms with Gasteiger partial charge in [-0.3, -0.25) is 0 Å². The quantitative estimate of drug-likeness (QED) is 0.235. The first-order valence-corrected chi connectivity index (χ1v) is 14.3. The summed E-state index contributed by atoms with van der Waals surface area (Å²) in [7, 11) is 0. The van der Waals surface area contributed by atoms with Crippen molar-refractivity contribution >= 4 is 58.9 Å². The molecule has 0 aromatic carbocycles. The van der Waals surface area contributed by atoms with Crippen LogP contribution in [0, 0.1) is 0 Å². The molecule has 0 radical (unpaired) electrons. The molecule has 6 bridgehead atoms. The van der Waals surface area contributed by atoms with Gasteiger partial charge >= 0.3 is 237 Å². The van der Waals surface area contributed by atoms with Crippen LogP contribution in [0.15, 0.2) is 12.3 Å². The van der Waals surface area contributed by atoms with Crippen LogP contribution in [0.2, 0.25) is 0 Å². The molecule has 0 aromatic heterocycles. The van der Waals surface area contributed by atoms with Gasteiger partial charge in [-0.1, -0.05) is 0 Å². The van der Waals surface area contributed by atoms with Gasteiger partial charge in [0.1, 0.15) is 0 Å². The second-order valence-corrected chi connectivity index (χ2v) is 14.4. The molecule has 0 amide bonds. The van der Waals surface area contributed by atoms with E-state index in [2.05, 4.69) is 6.58 Å². The number of carbonyl (C=O) groups is 3. The Morgan fingerprint density at radius 1 is 0.640 bits per heavy atom. The standard InChI is InChI=1S/C5H6O5.C4H4O6.2K.H2O.2Sb/c1-2(6)3(7)4(8)5(9)10;5-1(3(7)8)2(6)4(9)10;;;;;/h3-4,6H,1H2,(H,9,10);1-2H,(H,7,8)(H,9,10);;;1H2;;/q2*-2;2*+1;;2*+3/p-4. The Bertz CT molecular complexity index is 559. The fourth-order valence-corrected chi connectivity index (χ4v) is 13.3. The molecule has 2 N–H and O–H groups in total. The molecule has 0 saturated carbocycles. The normalized spacial score (nSPS) is 50.2. The summed E-state index contributed by atoms with van der Waals surface area (Å²) in [6, 6.07) is 0. The molecule has 5 heterocycles. The number of carbonyl (C=O) groups excluding carboxylic acids is 3. The average molecular weight is 630 g/mol. The summed E-state index contributed by atoms with van der Waals surface area (Å²) < 4.78 is 42.4. The van der Waals surface area contributed by atoms with Crippen molar-refractivity contribution in [2.45, 2.75) is 24.4 Å². The monoisotopic (exact) mass is 628 g/mol. The molecule has 5 aliphatic rings. The van der Waals surface area contributed by atoms with Crippen molar-refractivity contribution in [1.82, 2.24) is 0 Å². The maximum atomic E-state index is 12.0. The third-order valence-corrected chi connectivity index (χ3v) is 13.7. The molecule has 5 aliphatic heterocycles. The Balaban J connectivity index is 0.000000751. The summed E-state index contributed by atoms with van der Waals surface area (Å²) in [6.07, 6.45) is -5.18. The molecule has 16 heteroatoms. The van der Waals surface area contributed by atoms with E-state index >= 15 is 0 Å². The first kappa shape index (κ1) is 23.9. The average Bonchev–Trinajstić information content (AvgIpc) is 3.09. The Kier molecular flexibility index (Phi) is 7.72. The van der Waals surface area contributed by atoms with Crippen molar-refractivity contribution < 1.29 is 147 Å². The van der Waals surface area contributed by atoms with Crippen LogP contribution < -0.4 is 103 Å². The van der Waals surface area contributed by atoms with Crippen LogP contribution in [0.5, 0.6) is 0 Å². The fourth-order valence-electron chi connectivity index (χ4n) is 2.45. The third-order valence-electron chi connectivity index (χ3n) is 3.37. The van der Waals surface area contributed by atoms with Crippen LogP contribution in [0.3, 0.4) is 0 Å². The van der Waals surface area contributed by atoms with Gasteiger partial charge in [-0.2, -0.15) is 0 Å². The summed E-state index contributed by atoms with van der Waals surface area (Å²) in [5.74, 6) is -2.53. The minimum atomic E-state index is -4.76. The Morgan fingerprint density at radius 2 is 0.960 bits per heavy atom. The van der Waals surface area contributed by atoms with Gasteiger partial charge in [-0.15, -0.1) is 0 Å². The summed E-state index contributed by atoms with van der Waals surface area (Å²) >= 11 is -9.38. The van der Waals surface area contributed by atoms with Crippen molar-refractivity contribution in [3.63, 3.8) is 0 Å². The smallest absolute Gasteiger partial charge is 0.412 e. The Hall–Kier alpha value is 2.66. The largest absolute Gasteiger partial charge is 1.00 e. The van der Waals surface area contributed by atoms with Crippen molar-refractivity contribution in [2.75, 3.05) is 0 Å². The fraction of sp³-hybridized carbons (Fsp3) is 0.444. The van der Waals surface area contributed by atoms with Crippen molar-refractivity contribution in [3.05, 3.63) is 12.3 Å².